The van der Waals surface area contributed by atoms with E-state index in [0.29, 0.717) is 13.1 Å². The molecule has 1 unspecified atom stereocenters. The van der Waals surface area contributed by atoms with Crippen LogP contribution in [0.3, 0.4) is 0 Å². The van der Waals surface area contributed by atoms with Gasteiger partial charge in [-0.2, -0.15) is 0 Å². The van der Waals surface area contributed by atoms with E-state index in [9.17, 15) is 4.79 Å². The van der Waals surface area contributed by atoms with E-state index in [4.69, 9.17) is 5.73 Å². The smallest absolute Gasteiger partial charge is 0.315 e. The van der Waals surface area contributed by atoms with Crippen LogP contribution in [0.1, 0.15) is 25.8 Å². The Kier molecular flexibility index (Phi) is 4.97. The van der Waals surface area contributed by atoms with Gasteiger partial charge in [-0.1, -0.05) is 37.3 Å². The average Bonchev–Trinajstić information content (AvgIpc) is 2.37. The number of nitrogens with one attached hydrogen (secondary N) is 2. The van der Waals surface area contributed by atoms with Crippen LogP contribution >= 0.6 is 0 Å². The molecule has 0 bridgehead atoms. The first-order valence-electron chi connectivity index (χ1n) is 5.94. The van der Waals surface area contributed by atoms with Gasteiger partial charge in [-0.15, -0.1) is 0 Å². The van der Waals surface area contributed by atoms with Crippen LogP contribution in [0, 0.1) is 0 Å². The fourth-order valence-electron chi connectivity index (χ4n) is 1.58. The minimum Gasteiger partial charge on any atom is -0.338 e. The molecular formula is C13H21N3O. The third-order valence-electron chi connectivity index (χ3n) is 2.74. The molecule has 1 atom stereocenters. The number of hydrogen-bond donors (Lipinski definition) is 3. The van der Waals surface area contributed by atoms with Gasteiger partial charge in [-0.25, -0.2) is 4.79 Å². The maximum absolute atomic E-state index is 11.7. The quantitative estimate of drug-likeness (QED) is 0.725. The zero-order chi connectivity index (χ0) is 12.7. The first-order valence-corrected chi connectivity index (χ1v) is 5.94. The molecule has 4 N–H and O–H groups in total. The Hall–Kier alpha value is -1.55. The van der Waals surface area contributed by atoms with Crippen LogP contribution in [0.4, 0.5) is 4.79 Å². The molecule has 1 rings (SSSR count). The molecule has 17 heavy (non-hydrogen) atoms. The summed E-state index contributed by atoms with van der Waals surface area (Å²) >= 11 is 0. The number of benzene rings is 1. The summed E-state index contributed by atoms with van der Waals surface area (Å²) in [6.07, 6.45) is 0.915. The van der Waals surface area contributed by atoms with Crippen molar-refractivity contribution >= 4 is 6.03 Å². The number of amides is 2. The summed E-state index contributed by atoms with van der Waals surface area (Å²) in [7, 11) is 0. The van der Waals surface area contributed by atoms with E-state index < -0.39 is 5.54 Å². The molecule has 4 heteroatoms. The van der Waals surface area contributed by atoms with Crippen LogP contribution < -0.4 is 16.4 Å². The van der Waals surface area contributed by atoms with Gasteiger partial charge in [0.1, 0.15) is 0 Å². The molecule has 2 amide bonds. The molecule has 0 aliphatic rings. The van der Waals surface area contributed by atoms with Gasteiger partial charge in [0.2, 0.25) is 0 Å². The minimum absolute atomic E-state index is 0.177. The van der Waals surface area contributed by atoms with Gasteiger partial charge in [0.25, 0.3) is 0 Å². The lowest BCUT2D eigenvalue weighted by molar-refractivity contribution is 0.228. The predicted molar refractivity (Wildman–Crippen MR) is 69.7 cm³/mol. The van der Waals surface area contributed by atoms with Gasteiger partial charge in [0.15, 0.2) is 0 Å². The van der Waals surface area contributed by atoms with Crippen molar-refractivity contribution < 1.29 is 4.79 Å². The largest absolute Gasteiger partial charge is 0.338 e. The minimum atomic E-state index is -0.529. The highest BCUT2D eigenvalue weighted by Crippen LogP contribution is 2.18. The van der Waals surface area contributed by atoms with Crippen molar-refractivity contribution in [1.82, 2.24) is 10.6 Å². The number of urea groups is 1. The Morgan fingerprint density at radius 1 is 1.35 bits per heavy atom. The average molecular weight is 235 g/mol. The van der Waals surface area contributed by atoms with Crippen molar-refractivity contribution in [2.45, 2.75) is 25.8 Å². The van der Waals surface area contributed by atoms with Crippen molar-refractivity contribution in [2.75, 3.05) is 13.1 Å². The first kappa shape index (κ1) is 13.5. The Morgan fingerprint density at radius 3 is 2.53 bits per heavy atom. The second-order valence-electron chi connectivity index (χ2n) is 4.28. The van der Waals surface area contributed by atoms with Gasteiger partial charge in [-0.3, -0.25) is 0 Å². The van der Waals surface area contributed by atoms with E-state index in [-0.39, 0.29) is 6.03 Å². The lowest BCUT2D eigenvalue weighted by atomic mass is 9.92. The molecule has 0 aliphatic heterocycles. The molecule has 0 saturated heterocycles. The fourth-order valence-corrected chi connectivity index (χ4v) is 1.58. The zero-order valence-electron chi connectivity index (χ0n) is 10.5. The second-order valence-corrected chi connectivity index (χ2v) is 4.28. The van der Waals surface area contributed by atoms with Crippen molar-refractivity contribution in [3.05, 3.63) is 35.9 Å². The summed E-state index contributed by atoms with van der Waals surface area (Å²) < 4.78 is 0. The molecule has 0 saturated carbocycles. The van der Waals surface area contributed by atoms with E-state index in [2.05, 4.69) is 10.6 Å². The van der Waals surface area contributed by atoms with E-state index in [1.165, 1.54) is 0 Å². The number of carbonyl (C=O) groups is 1. The van der Waals surface area contributed by atoms with Gasteiger partial charge < -0.3 is 16.4 Å². The summed E-state index contributed by atoms with van der Waals surface area (Å²) in [6.45, 7) is 4.96. The maximum atomic E-state index is 11.7. The van der Waals surface area contributed by atoms with Crippen molar-refractivity contribution in [3.63, 3.8) is 0 Å². The van der Waals surface area contributed by atoms with Crippen LogP contribution in [-0.4, -0.2) is 19.1 Å². The molecule has 0 heterocycles. The van der Waals surface area contributed by atoms with Crippen molar-refractivity contribution in [3.8, 4) is 0 Å². The normalized spacial score (nSPS) is 13.8. The standard InChI is InChI=1S/C13H21N3O/c1-3-9-15-12(17)16-13(2,10-14)11-7-5-4-6-8-11/h4-8H,3,9-10,14H2,1-2H3,(H2,15,16,17). The Morgan fingerprint density at radius 2 is 2.00 bits per heavy atom. The number of carbonyl (C=O) groups excluding carboxylic acids is 1. The fraction of sp³-hybridized carbons (Fsp3) is 0.462. The van der Waals surface area contributed by atoms with E-state index >= 15 is 0 Å². The third-order valence-corrected chi connectivity index (χ3v) is 2.74. The third kappa shape index (κ3) is 3.75. The molecule has 0 radical (unpaired) electrons. The van der Waals surface area contributed by atoms with Gasteiger partial charge in [0.05, 0.1) is 5.54 Å². The van der Waals surface area contributed by atoms with Crippen LogP contribution in [0.5, 0.6) is 0 Å². The lowest BCUT2D eigenvalue weighted by Gasteiger charge is -2.30. The Bertz CT molecular complexity index is 353. The number of hydrogen-bond acceptors (Lipinski definition) is 2. The number of nitrogens with two attached hydrogens (primary N) is 1. The summed E-state index contributed by atoms with van der Waals surface area (Å²) in [4.78, 5) is 11.7. The van der Waals surface area contributed by atoms with E-state index in [0.717, 1.165) is 12.0 Å². The molecule has 94 valence electrons. The van der Waals surface area contributed by atoms with E-state index in [1.807, 2.05) is 44.2 Å². The molecule has 0 fully saturated rings. The van der Waals surface area contributed by atoms with Crippen LogP contribution in [0.25, 0.3) is 0 Å². The molecule has 1 aromatic rings. The van der Waals surface area contributed by atoms with Crippen LogP contribution in [-0.2, 0) is 5.54 Å². The summed E-state index contributed by atoms with van der Waals surface area (Å²) in [5.74, 6) is 0. The summed E-state index contributed by atoms with van der Waals surface area (Å²) in [6, 6.07) is 9.57. The Labute approximate surface area is 103 Å². The zero-order valence-corrected chi connectivity index (χ0v) is 10.5. The molecule has 0 aromatic heterocycles. The SMILES string of the molecule is CCCNC(=O)NC(C)(CN)c1ccccc1. The van der Waals surface area contributed by atoms with Crippen molar-refractivity contribution in [1.29, 1.82) is 0 Å². The highest BCUT2D eigenvalue weighted by molar-refractivity contribution is 5.75. The molecule has 4 nitrogen and oxygen atoms in total. The molecule has 1 aromatic carbocycles. The van der Waals surface area contributed by atoms with Gasteiger partial charge in [0, 0.05) is 13.1 Å². The molecule has 0 aliphatic carbocycles. The monoisotopic (exact) mass is 235 g/mol. The lowest BCUT2D eigenvalue weighted by Crippen LogP contribution is -2.52. The molecular weight excluding hydrogens is 214 g/mol. The number of rotatable bonds is 5. The maximum Gasteiger partial charge on any atom is 0.315 e. The van der Waals surface area contributed by atoms with Crippen LogP contribution in [0.15, 0.2) is 30.3 Å². The van der Waals surface area contributed by atoms with Gasteiger partial charge in [-0.05, 0) is 18.9 Å². The van der Waals surface area contributed by atoms with Crippen LogP contribution in [0.2, 0.25) is 0 Å². The van der Waals surface area contributed by atoms with Crippen molar-refractivity contribution in [2.24, 2.45) is 5.73 Å². The summed E-state index contributed by atoms with van der Waals surface area (Å²) in [5.41, 5.74) is 6.25. The summed E-state index contributed by atoms with van der Waals surface area (Å²) in [5, 5.41) is 5.71. The second kappa shape index (κ2) is 6.25. The van der Waals surface area contributed by atoms with Gasteiger partial charge >= 0.3 is 6.03 Å². The first-order chi connectivity index (χ1) is 8.12. The Balaban J connectivity index is 2.72. The highest BCUT2D eigenvalue weighted by atomic mass is 16.2. The van der Waals surface area contributed by atoms with E-state index in [1.54, 1.807) is 0 Å². The highest BCUT2D eigenvalue weighted by Gasteiger charge is 2.26. The molecule has 0 spiro atoms. The predicted octanol–water partition coefficient (Wildman–Crippen LogP) is 1.57. The topological polar surface area (TPSA) is 67.2 Å².